The molecule has 0 aromatic rings. The van der Waals surface area contributed by atoms with Gasteiger partial charge in [-0.1, -0.05) is 24.6 Å². The third-order valence-corrected chi connectivity index (χ3v) is 4.80. The van der Waals surface area contributed by atoms with Gasteiger partial charge in [-0.05, 0) is 25.8 Å². The van der Waals surface area contributed by atoms with Crippen molar-refractivity contribution in [2.45, 2.75) is 39.7 Å². The topological polar surface area (TPSA) is 43.4 Å². The second kappa shape index (κ2) is 3.56. The number of carbonyl (C=O) groups is 2. The average Bonchev–Trinajstić information content (AvgIpc) is 2.60. The van der Waals surface area contributed by atoms with Crippen LogP contribution in [0.1, 0.15) is 33.6 Å². The summed E-state index contributed by atoms with van der Waals surface area (Å²) < 4.78 is 5.53. The Morgan fingerprint density at radius 2 is 2.06 bits per heavy atom. The maximum absolute atomic E-state index is 12.2. The van der Waals surface area contributed by atoms with Gasteiger partial charge in [-0.3, -0.25) is 9.59 Å². The van der Waals surface area contributed by atoms with Crippen molar-refractivity contribution in [1.82, 2.24) is 0 Å². The third kappa shape index (κ3) is 1.30. The molecule has 1 heterocycles. The number of Topliss-reactive ketones (excluding diaryl/α,β-unsaturated/α-hetero) is 1. The SMILES string of the molecule is CC1=C2[C@H]3OC(=O)[C@@H](C)[C@@H]3C=C[C@@]2(C)C(=O)CC1. The molecule has 0 spiro atoms. The van der Waals surface area contributed by atoms with Gasteiger partial charge in [0.25, 0.3) is 0 Å². The molecule has 1 fully saturated rings. The van der Waals surface area contributed by atoms with Gasteiger partial charge in [-0.25, -0.2) is 0 Å². The van der Waals surface area contributed by atoms with Gasteiger partial charge in [0, 0.05) is 12.3 Å². The molecule has 2 aliphatic carbocycles. The van der Waals surface area contributed by atoms with Crippen LogP contribution in [-0.4, -0.2) is 17.9 Å². The largest absolute Gasteiger partial charge is 0.457 e. The Morgan fingerprint density at radius 1 is 1.33 bits per heavy atom. The van der Waals surface area contributed by atoms with Gasteiger partial charge in [-0.15, -0.1) is 0 Å². The minimum absolute atomic E-state index is 0.0985. The van der Waals surface area contributed by atoms with Crippen LogP contribution in [0.15, 0.2) is 23.3 Å². The lowest BCUT2D eigenvalue weighted by molar-refractivity contribution is -0.143. The second-order valence-electron chi connectivity index (χ2n) is 5.90. The zero-order valence-electron chi connectivity index (χ0n) is 11.0. The predicted octanol–water partition coefficient (Wildman–Crippen LogP) is 2.42. The van der Waals surface area contributed by atoms with Gasteiger partial charge in [-0.2, -0.15) is 0 Å². The van der Waals surface area contributed by atoms with Crippen LogP contribution in [0.4, 0.5) is 0 Å². The predicted molar refractivity (Wildman–Crippen MR) is 66.7 cm³/mol. The molecule has 0 aromatic heterocycles. The van der Waals surface area contributed by atoms with Crippen LogP contribution < -0.4 is 0 Å². The third-order valence-electron chi connectivity index (χ3n) is 4.80. The van der Waals surface area contributed by atoms with E-state index in [4.69, 9.17) is 4.74 Å². The Hall–Kier alpha value is -1.38. The number of hydrogen-bond donors (Lipinski definition) is 0. The van der Waals surface area contributed by atoms with Crippen molar-refractivity contribution in [3.63, 3.8) is 0 Å². The highest BCUT2D eigenvalue weighted by Gasteiger charge is 2.53. The summed E-state index contributed by atoms with van der Waals surface area (Å²) in [4.78, 5) is 24.0. The van der Waals surface area contributed by atoms with Gasteiger partial charge >= 0.3 is 5.97 Å². The monoisotopic (exact) mass is 246 g/mol. The Morgan fingerprint density at radius 3 is 2.78 bits per heavy atom. The fourth-order valence-electron chi connectivity index (χ4n) is 3.56. The number of carbonyl (C=O) groups excluding carboxylic acids is 2. The van der Waals surface area contributed by atoms with Crippen molar-refractivity contribution in [3.8, 4) is 0 Å². The minimum atomic E-state index is -0.548. The molecule has 1 aliphatic heterocycles. The number of allylic oxidation sites excluding steroid dienone is 2. The smallest absolute Gasteiger partial charge is 0.310 e. The molecule has 0 amide bonds. The molecule has 1 saturated heterocycles. The van der Waals surface area contributed by atoms with Crippen molar-refractivity contribution in [2.75, 3.05) is 0 Å². The molecular weight excluding hydrogens is 228 g/mol. The van der Waals surface area contributed by atoms with E-state index in [1.165, 1.54) is 5.57 Å². The van der Waals surface area contributed by atoms with E-state index in [0.29, 0.717) is 6.42 Å². The summed E-state index contributed by atoms with van der Waals surface area (Å²) in [6.07, 6.45) is 5.18. The summed E-state index contributed by atoms with van der Waals surface area (Å²) in [6.45, 7) is 5.92. The van der Waals surface area contributed by atoms with Crippen molar-refractivity contribution >= 4 is 11.8 Å². The van der Waals surface area contributed by atoms with E-state index in [0.717, 1.165) is 12.0 Å². The molecule has 0 N–H and O–H groups in total. The molecule has 0 saturated carbocycles. The van der Waals surface area contributed by atoms with Crippen molar-refractivity contribution in [2.24, 2.45) is 17.3 Å². The molecule has 3 rings (SSSR count). The molecule has 3 nitrogen and oxygen atoms in total. The van der Waals surface area contributed by atoms with Crippen LogP contribution in [0.25, 0.3) is 0 Å². The fourth-order valence-corrected chi connectivity index (χ4v) is 3.56. The van der Waals surface area contributed by atoms with E-state index in [-0.39, 0.29) is 29.7 Å². The number of ether oxygens (including phenoxy) is 1. The first-order valence-corrected chi connectivity index (χ1v) is 6.58. The van der Waals surface area contributed by atoms with Crippen LogP contribution in [0.2, 0.25) is 0 Å². The number of rotatable bonds is 0. The summed E-state index contributed by atoms with van der Waals surface area (Å²) in [5.41, 5.74) is 1.72. The van der Waals surface area contributed by atoms with Gasteiger partial charge in [0.05, 0.1) is 11.3 Å². The van der Waals surface area contributed by atoms with Crippen LogP contribution in [0.3, 0.4) is 0 Å². The van der Waals surface area contributed by atoms with Crippen LogP contribution in [0, 0.1) is 17.3 Å². The summed E-state index contributed by atoms with van der Waals surface area (Å²) in [6, 6.07) is 0. The number of esters is 1. The number of hydrogen-bond acceptors (Lipinski definition) is 3. The molecule has 0 aromatic carbocycles. The lowest BCUT2D eigenvalue weighted by Crippen LogP contribution is -2.42. The highest BCUT2D eigenvalue weighted by atomic mass is 16.6. The average molecular weight is 246 g/mol. The second-order valence-corrected chi connectivity index (χ2v) is 5.90. The summed E-state index contributed by atoms with van der Waals surface area (Å²) >= 11 is 0. The Labute approximate surface area is 107 Å². The fraction of sp³-hybridized carbons (Fsp3) is 0.600. The van der Waals surface area contributed by atoms with E-state index in [9.17, 15) is 9.59 Å². The highest BCUT2D eigenvalue weighted by Crippen LogP contribution is 2.50. The molecule has 4 atom stereocenters. The lowest BCUT2D eigenvalue weighted by Gasteiger charge is -2.40. The maximum atomic E-state index is 12.2. The van der Waals surface area contributed by atoms with Crippen molar-refractivity contribution in [3.05, 3.63) is 23.3 Å². The summed E-state index contributed by atoms with van der Waals surface area (Å²) in [5, 5.41) is 0. The Balaban J connectivity index is 2.15. The highest BCUT2D eigenvalue weighted by molar-refractivity contribution is 5.92. The molecule has 3 aliphatic rings. The normalized spacial score (nSPS) is 42.7. The van der Waals surface area contributed by atoms with E-state index < -0.39 is 5.41 Å². The van der Waals surface area contributed by atoms with E-state index in [1.54, 1.807) is 0 Å². The molecular formula is C15H18O3. The molecule has 0 unspecified atom stereocenters. The molecule has 3 heteroatoms. The first kappa shape index (κ1) is 11.7. The first-order chi connectivity index (χ1) is 8.45. The first-order valence-electron chi connectivity index (χ1n) is 6.58. The Bertz CT molecular complexity index is 500. The lowest BCUT2D eigenvalue weighted by atomic mass is 9.62. The summed E-state index contributed by atoms with van der Waals surface area (Å²) in [7, 11) is 0. The van der Waals surface area contributed by atoms with Crippen molar-refractivity contribution < 1.29 is 14.3 Å². The van der Waals surface area contributed by atoms with E-state index >= 15 is 0 Å². The molecule has 96 valence electrons. The van der Waals surface area contributed by atoms with Gasteiger partial charge in [0.2, 0.25) is 0 Å². The van der Waals surface area contributed by atoms with Crippen LogP contribution >= 0.6 is 0 Å². The zero-order valence-corrected chi connectivity index (χ0v) is 11.0. The minimum Gasteiger partial charge on any atom is -0.457 e. The zero-order chi connectivity index (χ0) is 13.1. The van der Waals surface area contributed by atoms with E-state index in [2.05, 4.69) is 6.92 Å². The van der Waals surface area contributed by atoms with Crippen LogP contribution in [-0.2, 0) is 14.3 Å². The van der Waals surface area contributed by atoms with Crippen LogP contribution in [0.5, 0.6) is 0 Å². The maximum Gasteiger partial charge on any atom is 0.310 e. The summed E-state index contributed by atoms with van der Waals surface area (Å²) in [5.74, 6) is 0.0974. The van der Waals surface area contributed by atoms with Gasteiger partial charge in [0.1, 0.15) is 11.9 Å². The Kier molecular flexibility index (Phi) is 2.31. The quantitative estimate of drug-likeness (QED) is 0.487. The van der Waals surface area contributed by atoms with E-state index in [1.807, 2.05) is 26.0 Å². The van der Waals surface area contributed by atoms with Gasteiger partial charge in [0.15, 0.2) is 0 Å². The van der Waals surface area contributed by atoms with Gasteiger partial charge < -0.3 is 4.74 Å². The molecule has 0 bridgehead atoms. The number of ketones is 1. The van der Waals surface area contributed by atoms with Crippen molar-refractivity contribution in [1.29, 1.82) is 0 Å². The molecule has 18 heavy (non-hydrogen) atoms. The molecule has 0 radical (unpaired) electrons. The number of fused-ring (bicyclic) bond motifs is 3. The standard InChI is InChI=1S/C15H18O3/c1-8-4-5-11(16)15(3)7-6-10-9(2)14(17)18-13(10)12(8)15/h6-7,9-10,13H,4-5H2,1-3H3/t9-,10-,13-,15-/m0/s1.